The van der Waals surface area contributed by atoms with E-state index >= 15 is 0 Å². The van der Waals surface area contributed by atoms with Crippen LogP contribution in [-0.2, 0) is 4.79 Å². The average molecular weight is 667 g/mol. The van der Waals surface area contributed by atoms with Gasteiger partial charge in [0.1, 0.15) is 5.78 Å². The third kappa shape index (κ3) is 16.0. The highest BCUT2D eigenvalue weighted by atomic mass is 28.4. The largest absolute Gasteiger partial charge is 0.424 e. The summed E-state index contributed by atoms with van der Waals surface area (Å²) >= 11 is 0. The second-order valence-electron chi connectivity index (χ2n) is 14.8. The molecule has 2 rings (SSSR count). The summed E-state index contributed by atoms with van der Waals surface area (Å²) in [5.74, 6) is 0.424. The summed E-state index contributed by atoms with van der Waals surface area (Å²) in [6.45, 7) is 6.72. The van der Waals surface area contributed by atoms with Crippen LogP contribution in [0.2, 0.25) is 5.04 Å². The van der Waals surface area contributed by atoms with E-state index in [1.807, 2.05) is 36.4 Å². The van der Waals surface area contributed by atoms with Crippen molar-refractivity contribution in [2.75, 3.05) is 0 Å². The van der Waals surface area contributed by atoms with Crippen LogP contribution in [0.5, 0.6) is 0 Å². The maximum Gasteiger partial charge on any atom is 0.258 e. The minimum atomic E-state index is -2.91. The first-order valence-corrected chi connectivity index (χ1v) is 21.4. The van der Waals surface area contributed by atoms with Crippen molar-refractivity contribution in [3.8, 4) is 0 Å². The normalized spacial score (nSPS) is 13.5. The molecule has 2 aromatic carbocycles. The van der Waals surface area contributed by atoms with E-state index in [4.69, 9.17) is 0 Å². The molecule has 0 aliphatic carbocycles. The molecule has 0 aromatic heterocycles. The Morgan fingerprint density at radius 3 is 1.36 bits per heavy atom. The van der Waals surface area contributed by atoms with E-state index in [1.165, 1.54) is 44.9 Å². The number of hydrogen-bond acceptors (Lipinski definition) is 4. The fourth-order valence-electron chi connectivity index (χ4n) is 7.11. The summed E-state index contributed by atoms with van der Waals surface area (Å²) in [4.78, 5) is 24.6. The molecule has 2 atom stereocenters. The quantitative estimate of drug-likeness (QED) is 0.0597. The highest BCUT2D eigenvalue weighted by molar-refractivity contribution is 6.98. The van der Waals surface area contributed by atoms with Gasteiger partial charge in [0.05, 0.1) is 12.2 Å². The van der Waals surface area contributed by atoms with Gasteiger partial charge in [-0.25, -0.2) is 0 Å². The van der Waals surface area contributed by atoms with E-state index in [9.17, 15) is 19.8 Å². The lowest BCUT2D eigenvalue weighted by Gasteiger charge is -2.41. The van der Waals surface area contributed by atoms with Gasteiger partial charge in [0.2, 0.25) is 0 Å². The minimum Gasteiger partial charge on any atom is -0.424 e. The monoisotopic (exact) mass is 667 g/mol. The first kappa shape index (κ1) is 41.4. The molecule has 4 nitrogen and oxygen atoms in total. The van der Waals surface area contributed by atoms with E-state index in [-0.39, 0.29) is 5.04 Å². The van der Waals surface area contributed by atoms with Crippen LogP contribution in [0.1, 0.15) is 168 Å². The number of carbonyl (C=O) groups is 1. The van der Waals surface area contributed by atoms with Crippen molar-refractivity contribution < 1.29 is 19.8 Å². The van der Waals surface area contributed by atoms with Gasteiger partial charge in [0.15, 0.2) is 0 Å². The Hall–Kier alpha value is -1.79. The smallest absolute Gasteiger partial charge is 0.258 e. The molecule has 0 saturated heterocycles. The minimum absolute atomic E-state index is 0.170. The van der Waals surface area contributed by atoms with Crippen molar-refractivity contribution in [3.63, 3.8) is 0 Å². The molecule has 0 spiro atoms. The van der Waals surface area contributed by atoms with Gasteiger partial charge in [-0.1, -0.05) is 184 Å². The van der Waals surface area contributed by atoms with Crippen LogP contribution in [0, 0.1) is 0 Å². The van der Waals surface area contributed by atoms with Crippen LogP contribution in [0.3, 0.4) is 0 Å². The van der Waals surface area contributed by atoms with Gasteiger partial charge < -0.3 is 15.0 Å². The summed E-state index contributed by atoms with van der Waals surface area (Å²) in [6, 6.07) is 20.6. The van der Waals surface area contributed by atoms with Crippen molar-refractivity contribution in [3.05, 3.63) is 60.7 Å². The first-order chi connectivity index (χ1) is 22.7. The lowest BCUT2D eigenvalue weighted by molar-refractivity contribution is -0.119. The SMILES string of the molecule is CCCCCCCC(O)C(O)CCCCCCCCC(=O)CCCCCCCCCC(C)(C)[Si](O)(c1ccccc1)c1ccccc1. The fraction of sp³-hybridized carbons (Fsp3) is 0.690. The first-order valence-electron chi connectivity index (χ1n) is 19.4. The Kier molecular flexibility index (Phi) is 21.4. The van der Waals surface area contributed by atoms with Gasteiger partial charge >= 0.3 is 0 Å². The molecule has 2 aromatic rings. The highest BCUT2D eigenvalue weighted by Crippen LogP contribution is 2.40. The zero-order chi connectivity index (χ0) is 34.2. The summed E-state index contributed by atoms with van der Waals surface area (Å²) < 4.78 is 0. The van der Waals surface area contributed by atoms with Gasteiger partial charge in [-0.3, -0.25) is 4.79 Å². The Morgan fingerprint density at radius 1 is 0.574 bits per heavy atom. The Labute approximate surface area is 289 Å². The van der Waals surface area contributed by atoms with Crippen LogP contribution in [-0.4, -0.2) is 41.3 Å². The standard InChI is InChI=1S/C42H70O4Si/c1-4-5-6-12-25-34-40(44)41(45)35-26-15-10-9-14-20-29-37(43)28-19-13-8-7-11-16-27-36-42(2,3)47(46,38-30-21-17-22-31-38)39-32-23-18-24-33-39/h17-18,21-24,30-33,40-41,44-46H,4-16,19-20,25-29,34-36H2,1-3H3. The van der Waals surface area contributed by atoms with Crippen molar-refractivity contribution in [1.29, 1.82) is 0 Å². The van der Waals surface area contributed by atoms with Crippen LogP contribution in [0.4, 0.5) is 0 Å². The molecule has 5 heteroatoms. The van der Waals surface area contributed by atoms with Crippen molar-refractivity contribution in [2.45, 2.75) is 186 Å². The summed E-state index contributed by atoms with van der Waals surface area (Å²) in [6.07, 6.45) is 23.2. The molecule has 2 unspecified atom stereocenters. The molecule has 0 aliphatic rings. The Morgan fingerprint density at radius 2 is 0.936 bits per heavy atom. The zero-order valence-electron chi connectivity index (χ0n) is 30.4. The van der Waals surface area contributed by atoms with Gasteiger partial charge in [-0.15, -0.1) is 0 Å². The van der Waals surface area contributed by atoms with Crippen LogP contribution in [0.25, 0.3) is 0 Å². The molecule has 0 bridgehead atoms. The fourth-order valence-corrected chi connectivity index (χ4v) is 10.9. The molecule has 0 radical (unpaired) electrons. The number of carbonyl (C=O) groups excluding carboxylic acids is 1. The van der Waals surface area contributed by atoms with Gasteiger partial charge in [0, 0.05) is 12.8 Å². The van der Waals surface area contributed by atoms with Gasteiger partial charge in [-0.2, -0.15) is 0 Å². The maximum absolute atomic E-state index is 12.3. The predicted octanol–water partition coefficient (Wildman–Crippen LogP) is 9.80. The third-order valence-corrected chi connectivity index (χ3v) is 14.9. The molecular weight excluding hydrogens is 597 g/mol. The van der Waals surface area contributed by atoms with E-state index in [0.29, 0.717) is 12.2 Å². The molecule has 0 fully saturated rings. The Balaban J connectivity index is 1.46. The number of benzene rings is 2. The van der Waals surface area contributed by atoms with Crippen LogP contribution >= 0.6 is 0 Å². The highest BCUT2D eigenvalue weighted by Gasteiger charge is 2.49. The summed E-state index contributed by atoms with van der Waals surface area (Å²) in [5.41, 5.74) is 0. The number of aliphatic hydroxyl groups excluding tert-OH is 2. The number of rotatable bonds is 29. The lowest BCUT2D eigenvalue weighted by atomic mass is 9.99. The summed E-state index contributed by atoms with van der Waals surface area (Å²) in [7, 11) is -2.91. The molecule has 266 valence electrons. The second kappa shape index (κ2) is 24.4. The molecule has 0 heterocycles. The molecule has 0 amide bonds. The molecule has 0 saturated carbocycles. The Bertz CT molecular complexity index is 1000. The van der Waals surface area contributed by atoms with Crippen molar-refractivity contribution in [1.82, 2.24) is 0 Å². The number of Topliss-reactive ketones (excluding diaryl/α,β-unsaturated/α-hetero) is 1. The predicted molar refractivity (Wildman–Crippen MR) is 203 cm³/mol. The zero-order valence-corrected chi connectivity index (χ0v) is 31.4. The van der Waals surface area contributed by atoms with E-state index in [2.05, 4.69) is 45.0 Å². The average Bonchev–Trinajstić information content (AvgIpc) is 3.08. The second-order valence-corrected chi connectivity index (χ2v) is 18.8. The van der Waals surface area contributed by atoms with E-state index in [1.54, 1.807) is 0 Å². The third-order valence-electron chi connectivity index (χ3n) is 10.4. The lowest BCUT2D eigenvalue weighted by Crippen LogP contribution is -2.65. The molecular formula is C42H70O4Si. The summed E-state index contributed by atoms with van der Waals surface area (Å²) in [5, 5.41) is 22.4. The number of hydrogen-bond donors (Lipinski definition) is 3. The number of ketones is 1. The molecule has 47 heavy (non-hydrogen) atoms. The van der Waals surface area contributed by atoms with Gasteiger partial charge in [0.25, 0.3) is 8.32 Å². The van der Waals surface area contributed by atoms with Crippen molar-refractivity contribution in [2.24, 2.45) is 0 Å². The molecule has 3 N–H and O–H groups in total. The number of aliphatic hydroxyl groups is 2. The van der Waals surface area contributed by atoms with Crippen LogP contribution < -0.4 is 10.4 Å². The maximum atomic E-state index is 12.3. The van der Waals surface area contributed by atoms with Crippen LogP contribution in [0.15, 0.2) is 60.7 Å². The van der Waals surface area contributed by atoms with E-state index < -0.39 is 20.5 Å². The molecule has 0 aliphatic heterocycles. The van der Waals surface area contributed by atoms with Gasteiger partial charge in [-0.05, 0) is 47.5 Å². The van der Waals surface area contributed by atoms with Crippen molar-refractivity contribution >= 4 is 24.5 Å². The van der Waals surface area contributed by atoms with E-state index in [0.717, 1.165) is 107 Å². The number of unbranched alkanes of at least 4 members (excludes halogenated alkanes) is 15. The topological polar surface area (TPSA) is 77.8 Å².